The summed E-state index contributed by atoms with van der Waals surface area (Å²) in [4.78, 5) is 20.5. The lowest BCUT2D eigenvalue weighted by molar-refractivity contribution is -0.144. The molecule has 5 N–H and O–H groups in total. The molecule has 2 aliphatic carbocycles. The Hall–Kier alpha value is -1.22. The standard InChI is InChI=1S/C20H34N4O3S/c1-19-6-5-15(26)20(2,11-25)14(19)10-13-17(23-18(21)28-13)12(19)9-16(27)22-7-8-24(3)4/h12,14-15,25-26H,5-11H2,1-4H3,(H2,21,23)(H,22,27). The first-order chi connectivity index (χ1) is 13.1. The first-order valence-corrected chi connectivity index (χ1v) is 10.9. The fourth-order valence-electron chi connectivity index (χ4n) is 5.34. The Bertz CT molecular complexity index is 724. The third-order valence-electron chi connectivity index (χ3n) is 7.18. The first-order valence-electron chi connectivity index (χ1n) is 10.1. The predicted molar refractivity (Wildman–Crippen MR) is 111 cm³/mol. The van der Waals surface area contributed by atoms with Crippen LogP contribution in [0.25, 0.3) is 0 Å². The third kappa shape index (κ3) is 3.67. The number of aliphatic hydroxyl groups is 2. The van der Waals surface area contributed by atoms with Crippen molar-refractivity contribution in [2.75, 3.05) is 39.5 Å². The number of nitrogens with zero attached hydrogens (tertiary/aromatic N) is 2. The number of anilines is 1. The molecule has 5 atom stereocenters. The summed E-state index contributed by atoms with van der Waals surface area (Å²) in [6, 6.07) is 0. The highest BCUT2D eigenvalue weighted by Gasteiger charge is 2.59. The summed E-state index contributed by atoms with van der Waals surface area (Å²) in [5.41, 5.74) is 6.16. The minimum absolute atomic E-state index is 0.0167. The molecule has 0 aromatic carbocycles. The number of hydrogen-bond donors (Lipinski definition) is 4. The number of carbonyl (C=O) groups excluding carboxylic acids is 1. The Balaban J connectivity index is 1.91. The van der Waals surface area contributed by atoms with Crippen LogP contribution in [0.3, 0.4) is 0 Å². The van der Waals surface area contributed by atoms with E-state index in [1.807, 2.05) is 25.9 Å². The van der Waals surface area contributed by atoms with Gasteiger partial charge in [-0.1, -0.05) is 13.8 Å². The predicted octanol–water partition coefficient (Wildman–Crippen LogP) is 1.21. The first kappa shape index (κ1) is 21.5. The van der Waals surface area contributed by atoms with Crippen LogP contribution in [0, 0.1) is 16.7 Å². The van der Waals surface area contributed by atoms with Crippen LogP contribution in [-0.4, -0.2) is 65.9 Å². The van der Waals surface area contributed by atoms with E-state index in [-0.39, 0.29) is 29.8 Å². The van der Waals surface area contributed by atoms with Crippen molar-refractivity contribution in [3.63, 3.8) is 0 Å². The van der Waals surface area contributed by atoms with Crippen molar-refractivity contribution in [1.82, 2.24) is 15.2 Å². The molecule has 7 nitrogen and oxygen atoms in total. The maximum Gasteiger partial charge on any atom is 0.220 e. The number of aromatic nitrogens is 1. The van der Waals surface area contributed by atoms with Crippen LogP contribution in [0.2, 0.25) is 0 Å². The van der Waals surface area contributed by atoms with Gasteiger partial charge >= 0.3 is 0 Å². The molecule has 3 rings (SSSR count). The molecule has 28 heavy (non-hydrogen) atoms. The van der Waals surface area contributed by atoms with Crippen molar-refractivity contribution >= 4 is 22.4 Å². The van der Waals surface area contributed by atoms with Gasteiger partial charge in [0, 0.05) is 35.7 Å². The fourth-order valence-corrected chi connectivity index (χ4v) is 6.28. The SMILES string of the molecule is CN(C)CCNC(=O)CC1c2nc(N)sc2CC2C(C)(CO)C(O)CCC12C. The van der Waals surface area contributed by atoms with Gasteiger partial charge in [0.15, 0.2) is 5.13 Å². The molecule has 0 spiro atoms. The number of thiazole rings is 1. The van der Waals surface area contributed by atoms with Gasteiger partial charge in [0.25, 0.3) is 0 Å². The molecule has 5 unspecified atom stereocenters. The molecule has 0 bridgehead atoms. The molecule has 0 saturated heterocycles. The smallest absolute Gasteiger partial charge is 0.220 e. The van der Waals surface area contributed by atoms with E-state index < -0.39 is 11.5 Å². The lowest BCUT2D eigenvalue weighted by atomic mass is 9.47. The number of carbonyl (C=O) groups is 1. The number of aliphatic hydroxyl groups excluding tert-OH is 2. The van der Waals surface area contributed by atoms with Crippen LogP contribution in [-0.2, 0) is 11.2 Å². The second-order valence-electron chi connectivity index (χ2n) is 9.25. The van der Waals surface area contributed by atoms with Crippen LogP contribution in [0.4, 0.5) is 5.13 Å². The molecule has 158 valence electrons. The average molecular weight is 411 g/mol. The molecule has 0 aliphatic heterocycles. The zero-order valence-corrected chi connectivity index (χ0v) is 18.2. The number of likely N-dealkylation sites (N-methyl/N-ethyl adjacent to an activating group) is 1. The van der Waals surface area contributed by atoms with E-state index in [0.29, 0.717) is 24.5 Å². The molecule has 1 fully saturated rings. The lowest BCUT2D eigenvalue weighted by Crippen LogP contribution is -2.57. The number of nitrogens with two attached hydrogens (primary N) is 1. The van der Waals surface area contributed by atoms with Crippen molar-refractivity contribution in [1.29, 1.82) is 0 Å². The van der Waals surface area contributed by atoms with Gasteiger partial charge in [0.05, 0.1) is 18.4 Å². The molecule has 1 amide bonds. The Morgan fingerprint density at radius 1 is 1.43 bits per heavy atom. The highest BCUT2D eigenvalue weighted by Crippen LogP contribution is 2.62. The van der Waals surface area contributed by atoms with Crippen LogP contribution in [0.1, 0.15) is 49.6 Å². The molecule has 1 aromatic rings. The summed E-state index contributed by atoms with van der Waals surface area (Å²) < 4.78 is 0. The number of rotatable bonds is 6. The normalized spacial score (nSPS) is 34.8. The fraction of sp³-hybridized carbons (Fsp3) is 0.800. The quantitative estimate of drug-likeness (QED) is 0.561. The van der Waals surface area contributed by atoms with Gasteiger partial charge in [-0.15, -0.1) is 11.3 Å². The summed E-state index contributed by atoms with van der Waals surface area (Å²) in [6.45, 7) is 5.51. The van der Waals surface area contributed by atoms with Crippen molar-refractivity contribution in [2.24, 2.45) is 16.7 Å². The van der Waals surface area contributed by atoms with E-state index >= 15 is 0 Å². The van der Waals surface area contributed by atoms with Crippen LogP contribution >= 0.6 is 11.3 Å². The number of fused-ring (bicyclic) bond motifs is 2. The van der Waals surface area contributed by atoms with Gasteiger partial charge in [-0.2, -0.15) is 0 Å². The number of amides is 1. The second-order valence-corrected chi connectivity index (χ2v) is 10.4. The van der Waals surface area contributed by atoms with Gasteiger partial charge in [-0.3, -0.25) is 4.79 Å². The number of nitrogens with one attached hydrogen (secondary N) is 1. The molecule has 2 aliphatic rings. The molecule has 8 heteroatoms. The topological polar surface area (TPSA) is 112 Å². The van der Waals surface area contributed by atoms with Gasteiger partial charge in [0.2, 0.25) is 5.91 Å². The van der Waals surface area contributed by atoms with E-state index in [0.717, 1.165) is 30.0 Å². The Morgan fingerprint density at radius 2 is 2.14 bits per heavy atom. The molecule has 1 aromatic heterocycles. The summed E-state index contributed by atoms with van der Waals surface area (Å²) in [5.74, 6) is 0.0243. The summed E-state index contributed by atoms with van der Waals surface area (Å²) in [6.07, 6.45) is 1.98. The van der Waals surface area contributed by atoms with Crippen molar-refractivity contribution in [3.05, 3.63) is 10.6 Å². The maximum atomic E-state index is 12.7. The lowest BCUT2D eigenvalue weighted by Gasteiger charge is -2.58. The zero-order valence-electron chi connectivity index (χ0n) is 17.4. The Morgan fingerprint density at radius 3 is 2.79 bits per heavy atom. The minimum Gasteiger partial charge on any atom is -0.396 e. The molecule has 1 saturated carbocycles. The van der Waals surface area contributed by atoms with E-state index in [9.17, 15) is 15.0 Å². The second kappa shape index (κ2) is 7.89. The Labute approximate surface area is 171 Å². The van der Waals surface area contributed by atoms with Gasteiger partial charge < -0.3 is 26.2 Å². The van der Waals surface area contributed by atoms with E-state index in [1.54, 1.807) is 0 Å². The van der Waals surface area contributed by atoms with Crippen molar-refractivity contribution < 1.29 is 15.0 Å². The summed E-state index contributed by atoms with van der Waals surface area (Å²) >= 11 is 1.47. The van der Waals surface area contributed by atoms with Crippen molar-refractivity contribution in [2.45, 2.75) is 51.6 Å². The van der Waals surface area contributed by atoms with Crippen LogP contribution in [0.5, 0.6) is 0 Å². The molecule has 1 heterocycles. The van der Waals surface area contributed by atoms with Crippen LogP contribution in [0.15, 0.2) is 0 Å². The van der Waals surface area contributed by atoms with E-state index in [1.165, 1.54) is 11.3 Å². The number of nitrogen functional groups attached to an aromatic ring is 1. The zero-order chi connectivity index (χ0) is 20.7. The summed E-state index contributed by atoms with van der Waals surface area (Å²) in [5, 5.41) is 24.4. The third-order valence-corrected chi connectivity index (χ3v) is 8.10. The monoisotopic (exact) mass is 410 g/mol. The molecule has 0 radical (unpaired) electrons. The maximum absolute atomic E-state index is 12.7. The molecular formula is C20H34N4O3S. The Kier molecular flexibility index (Phi) is 6.06. The summed E-state index contributed by atoms with van der Waals surface area (Å²) in [7, 11) is 3.96. The van der Waals surface area contributed by atoms with E-state index in [2.05, 4.69) is 17.2 Å². The van der Waals surface area contributed by atoms with Crippen LogP contribution < -0.4 is 11.1 Å². The average Bonchev–Trinajstić information content (AvgIpc) is 3.00. The molecular weight excluding hydrogens is 376 g/mol. The number of hydrogen-bond acceptors (Lipinski definition) is 7. The minimum atomic E-state index is -0.594. The highest BCUT2D eigenvalue weighted by molar-refractivity contribution is 7.15. The largest absolute Gasteiger partial charge is 0.396 e. The van der Waals surface area contributed by atoms with E-state index in [4.69, 9.17) is 5.73 Å². The van der Waals surface area contributed by atoms with Gasteiger partial charge in [-0.25, -0.2) is 4.98 Å². The van der Waals surface area contributed by atoms with Crippen molar-refractivity contribution in [3.8, 4) is 0 Å². The van der Waals surface area contributed by atoms with Gasteiger partial charge in [-0.05, 0) is 44.7 Å². The van der Waals surface area contributed by atoms with Gasteiger partial charge in [0.1, 0.15) is 0 Å². The highest BCUT2D eigenvalue weighted by atomic mass is 32.1.